The van der Waals surface area contributed by atoms with Crippen LogP contribution in [0.3, 0.4) is 0 Å². The van der Waals surface area contributed by atoms with Crippen LogP contribution in [0.4, 0.5) is 11.4 Å². The molecule has 0 spiro atoms. The molecule has 1 unspecified atom stereocenters. The molecule has 1 fully saturated rings. The van der Waals surface area contributed by atoms with Crippen LogP contribution in [0, 0.1) is 0 Å². The number of para-hydroxylation sites is 2. The largest absolute Gasteiger partial charge is 0.383 e. The first-order valence-corrected chi connectivity index (χ1v) is 7.98. The lowest BCUT2D eigenvalue weighted by Gasteiger charge is -2.31. The summed E-state index contributed by atoms with van der Waals surface area (Å²) in [5, 5.41) is 3.41. The second-order valence-electron chi connectivity index (χ2n) is 5.44. The van der Waals surface area contributed by atoms with Crippen molar-refractivity contribution >= 4 is 29.0 Å². The van der Waals surface area contributed by atoms with E-state index in [2.05, 4.69) is 24.4 Å². The SMILES string of the molecule is CC1(C(=O)N2CCCNc3ccccc32)CCCS1. The summed E-state index contributed by atoms with van der Waals surface area (Å²) in [6.07, 6.45) is 3.16. The molecule has 0 aromatic heterocycles. The highest BCUT2D eigenvalue weighted by Crippen LogP contribution is 2.41. The number of hydrogen-bond acceptors (Lipinski definition) is 3. The summed E-state index contributed by atoms with van der Waals surface area (Å²) in [6, 6.07) is 8.14. The molecule has 1 N–H and O–H groups in total. The van der Waals surface area contributed by atoms with Crippen molar-refractivity contribution in [2.45, 2.75) is 30.9 Å². The van der Waals surface area contributed by atoms with Crippen LogP contribution in [0.2, 0.25) is 0 Å². The van der Waals surface area contributed by atoms with Gasteiger partial charge in [0.05, 0.1) is 16.1 Å². The molecule has 1 amide bonds. The fourth-order valence-corrected chi connectivity index (χ4v) is 4.14. The van der Waals surface area contributed by atoms with Gasteiger partial charge in [0, 0.05) is 13.1 Å². The number of nitrogens with one attached hydrogen (secondary N) is 1. The van der Waals surface area contributed by atoms with Gasteiger partial charge in [0.25, 0.3) is 0 Å². The predicted molar refractivity (Wildman–Crippen MR) is 82.0 cm³/mol. The van der Waals surface area contributed by atoms with Crippen molar-refractivity contribution in [3.05, 3.63) is 24.3 Å². The highest BCUT2D eigenvalue weighted by Gasteiger charge is 2.41. The standard InChI is InChI=1S/C15H20N2OS/c1-15(8-4-11-19-15)14(18)17-10-5-9-16-12-6-2-3-7-13(12)17/h2-3,6-7,16H,4-5,8-11H2,1H3. The third-order valence-electron chi connectivity index (χ3n) is 3.99. The van der Waals surface area contributed by atoms with Crippen molar-refractivity contribution in [3.8, 4) is 0 Å². The molecule has 3 rings (SSSR count). The molecule has 1 aromatic carbocycles. The van der Waals surface area contributed by atoms with Gasteiger partial charge in [-0.25, -0.2) is 0 Å². The molecule has 0 radical (unpaired) electrons. The van der Waals surface area contributed by atoms with E-state index in [9.17, 15) is 4.79 Å². The van der Waals surface area contributed by atoms with Gasteiger partial charge in [-0.05, 0) is 44.1 Å². The summed E-state index contributed by atoms with van der Waals surface area (Å²) in [7, 11) is 0. The molecule has 1 aromatic rings. The van der Waals surface area contributed by atoms with Crippen molar-refractivity contribution in [3.63, 3.8) is 0 Å². The first kappa shape index (κ1) is 12.9. The molecule has 1 saturated heterocycles. The number of carbonyl (C=O) groups is 1. The van der Waals surface area contributed by atoms with Crippen LogP contribution in [-0.4, -0.2) is 29.5 Å². The van der Waals surface area contributed by atoms with Crippen molar-refractivity contribution in [1.82, 2.24) is 0 Å². The van der Waals surface area contributed by atoms with Gasteiger partial charge >= 0.3 is 0 Å². The molecule has 0 saturated carbocycles. The lowest BCUT2D eigenvalue weighted by molar-refractivity contribution is -0.120. The van der Waals surface area contributed by atoms with E-state index in [0.29, 0.717) is 0 Å². The molecule has 1 atom stereocenters. The minimum atomic E-state index is -0.225. The highest BCUT2D eigenvalue weighted by atomic mass is 32.2. The van der Waals surface area contributed by atoms with Crippen molar-refractivity contribution < 1.29 is 4.79 Å². The number of rotatable bonds is 1. The monoisotopic (exact) mass is 276 g/mol. The molecule has 2 heterocycles. The van der Waals surface area contributed by atoms with Crippen molar-refractivity contribution in [1.29, 1.82) is 0 Å². The fourth-order valence-electron chi connectivity index (χ4n) is 2.88. The number of amides is 1. The number of nitrogens with zero attached hydrogens (tertiary/aromatic N) is 1. The summed E-state index contributed by atoms with van der Waals surface area (Å²) in [6.45, 7) is 3.86. The van der Waals surface area contributed by atoms with Gasteiger partial charge in [-0.3, -0.25) is 4.79 Å². The summed E-state index contributed by atoms with van der Waals surface area (Å²) >= 11 is 1.82. The zero-order chi connectivity index (χ0) is 13.3. The van der Waals surface area contributed by atoms with Gasteiger partial charge in [0.2, 0.25) is 5.91 Å². The van der Waals surface area contributed by atoms with E-state index in [0.717, 1.165) is 49.5 Å². The second-order valence-corrected chi connectivity index (χ2v) is 7.04. The topological polar surface area (TPSA) is 32.3 Å². The average molecular weight is 276 g/mol. The van der Waals surface area contributed by atoms with Crippen molar-refractivity contribution in [2.75, 3.05) is 29.1 Å². The highest BCUT2D eigenvalue weighted by molar-refractivity contribution is 8.01. The summed E-state index contributed by atoms with van der Waals surface area (Å²) in [4.78, 5) is 14.9. The number of hydrogen-bond donors (Lipinski definition) is 1. The maximum Gasteiger partial charge on any atom is 0.242 e. The van der Waals surface area contributed by atoms with E-state index in [-0.39, 0.29) is 10.7 Å². The Balaban J connectivity index is 1.94. The van der Waals surface area contributed by atoms with E-state index in [1.807, 2.05) is 28.8 Å². The quantitative estimate of drug-likeness (QED) is 0.855. The molecule has 2 aliphatic heterocycles. The lowest BCUT2D eigenvalue weighted by atomic mass is 10.0. The van der Waals surface area contributed by atoms with Crippen LogP contribution >= 0.6 is 11.8 Å². The zero-order valence-electron chi connectivity index (χ0n) is 11.3. The van der Waals surface area contributed by atoms with Gasteiger partial charge in [0.15, 0.2) is 0 Å². The third kappa shape index (κ3) is 2.34. The molecule has 3 nitrogen and oxygen atoms in total. The molecule has 0 bridgehead atoms. The maximum atomic E-state index is 12.9. The van der Waals surface area contributed by atoms with Gasteiger partial charge in [-0.2, -0.15) is 0 Å². The average Bonchev–Trinajstić information content (AvgIpc) is 2.76. The molecular weight excluding hydrogens is 256 g/mol. The minimum Gasteiger partial charge on any atom is -0.383 e. The first-order valence-electron chi connectivity index (χ1n) is 6.99. The number of thioether (sulfide) groups is 1. The lowest BCUT2D eigenvalue weighted by Crippen LogP contribution is -2.44. The maximum absolute atomic E-state index is 12.9. The number of benzene rings is 1. The van der Waals surface area contributed by atoms with Crippen LogP contribution in [0.25, 0.3) is 0 Å². The van der Waals surface area contributed by atoms with E-state index < -0.39 is 0 Å². The molecule has 4 heteroatoms. The number of anilines is 2. The van der Waals surface area contributed by atoms with Gasteiger partial charge < -0.3 is 10.2 Å². The van der Waals surface area contributed by atoms with E-state index >= 15 is 0 Å². The van der Waals surface area contributed by atoms with E-state index in [4.69, 9.17) is 0 Å². The van der Waals surface area contributed by atoms with Crippen LogP contribution < -0.4 is 10.2 Å². The summed E-state index contributed by atoms with van der Waals surface area (Å²) < 4.78 is -0.225. The Morgan fingerprint density at radius 1 is 1.37 bits per heavy atom. The molecule has 2 aliphatic rings. The smallest absolute Gasteiger partial charge is 0.242 e. The summed E-state index contributed by atoms with van der Waals surface area (Å²) in [5.41, 5.74) is 2.12. The van der Waals surface area contributed by atoms with Gasteiger partial charge in [-0.15, -0.1) is 11.8 Å². The Kier molecular flexibility index (Phi) is 3.44. The minimum absolute atomic E-state index is 0.225. The predicted octanol–water partition coefficient (Wildman–Crippen LogP) is 3.12. The Morgan fingerprint density at radius 3 is 3.00 bits per heavy atom. The number of carbonyl (C=O) groups excluding carboxylic acids is 1. The zero-order valence-corrected chi connectivity index (χ0v) is 12.1. The molecule has 19 heavy (non-hydrogen) atoms. The van der Waals surface area contributed by atoms with Crippen LogP contribution in [0.15, 0.2) is 24.3 Å². The number of fused-ring (bicyclic) bond motifs is 1. The Hall–Kier alpha value is -1.16. The summed E-state index contributed by atoms with van der Waals surface area (Å²) in [5.74, 6) is 1.39. The normalized spacial score (nSPS) is 26.5. The molecule has 0 aliphatic carbocycles. The fraction of sp³-hybridized carbons (Fsp3) is 0.533. The van der Waals surface area contributed by atoms with Gasteiger partial charge in [0.1, 0.15) is 0 Å². The van der Waals surface area contributed by atoms with Gasteiger partial charge in [-0.1, -0.05) is 12.1 Å². The third-order valence-corrected chi connectivity index (χ3v) is 5.49. The van der Waals surface area contributed by atoms with Crippen LogP contribution in [-0.2, 0) is 4.79 Å². The van der Waals surface area contributed by atoms with Crippen LogP contribution in [0.5, 0.6) is 0 Å². The van der Waals surface area contributed by atoms with Crippen LogP contribution in [0.1, 0.15) is 26.2 Å². The molecular formula is C15H20N2OS. The second kappa shape index (κ2) is 5.08. The van der Waals surface area contributed by atoms with Crippen molar-refractivity contribution in [2.24, 2.45) is 0 Å². The van der Waals surface area contributed by atoms with E-state index in [1.54, 1.807) is 0 Å². The first-order chi connectivity index (χ1) is 9.21. The Morgan fingerprint density at radius 2 is 2.21 bits per heavy atom. The Labute approximate surface area is 118 Å². The molecule has 102 valence electrons. The van der Waals surface area contributed by atoms with E-state index in [1.165, 1.54) is 0 Å². The Bertz CT molecular complexity index is 483.